The number of benzene rings is 1. The molecule has 0 aromatic heterocycles. The van der Waals surface area contributed by atoms with Crippen LogP contribution < -0.4 is 0 Å². The van der Waals surface area contributed by atoms with Crippen molar-refractivity contribution >= 4 is 0 Å². The number of rotatable bonds is 3. The number of methoxy groups -OCH3 is 1. The second kappa shape index (κ2) is 3.51. The molecule has 1 aliphatic carbocycles. The Labute approximate surface area is 79.7 Å². The van der Waals surface area contributed by atoms with E-state index in [1.54, 1.807) is 7.11 Å². The Morgan fingerprint density at radius 2 is 2.00 bits per heavy atom. The van der Waals surface area contributed by atoms with Crippen LogP contribution in [0.2, 0.25) is 0 Å². The largest absolute Gasteiger partial charge is 0.381 e. The molecule has 1 aromatic carbocycles. The van der Waals surface area contributed by atoms with Crippen LogP contribution in [-0.4, -0.2) is 13.2 Å². The van der Waals surface area contributed by atoms with Gasteiger partial charge in [0, 0.05) is 7.11 Å². The normalized spacial score (nSPS) is 28.5. The molecule has 13 heavy (non-hydrogen) atoms. The van der Waals surface area contributed by atoms with Crippen molar-refractivity contribution in [1.82, 2.24) is 0 Å². The summed E-state index contributed by atoms with van der Waals surface area (Å²) >= 11 is 0. The van der Waals surface area contributed by atoms with Gasteiger partial charge in [-0.1, -0.05) is 30.3 Å². The van der Waals surface area contributed by atoms with Gasteiger partial charge in [-0.3, -0.25) is 0 Å². The van der Waals surface area contributed by atoms with E-state index < -0.39 is 0 Å². The van der Waals surface area contributed by atoms with Crippen LogP contribution >= 0.6 is 0 Å². The van der Waals surface area contributed by atoms with E-state index in [1.165, 1.54) is 12.0 Å². The topological polar surface area (TPSA) is 9.23 Å². The van der Waals surface area contributed by atoms with Gasteiger partial charge >= 0.3 is 0 Å². The summed E-state index contributed by atoms with van der Waals surface area (Å²) in [5, 5.41) is 0. The Morgan fingerprint density at radius 3 is 2.62 bits per heavy atom. The molecule has 1 nitrogen and oxygen atoms in total. The summed E-state index contributed by atoms with van der Waals surface area (Å²) in [6.07, 6.45) is 1.70. The van der Waals surface area contributed by atoms with Crippen molar-refractivity contribution in [2.75, 3.05) is 7.11 Å². The van der Waals surface area contributed by atoms with Crippen molar-refractivity contribution in [3.05, 3.63) is 35.9 Å². The highest BCUT2D eigenvalue weighted by molar-refractivity contribution is 5.26. The summed E-state index contributed by atoms with van der Waals surface area (Å²) in [5.74, 6) is 1.49. The van der Waals surface area contributed by atoms with Crippen molar-refractivity contribution < 1.29 is 4.74 Å². The molecule has 0 spiro atoms. The van der Waals surface area contributed by atoms with Gasteiger partial charge in [0.15, 0.2) is 0 Å². The average Bonchev–Trinajstić information content (AvgIpc) is 2.98. The smallest absolute Gasteiger partial charge is 0.0577 e. The second-order valence-corrected chi connectivity index (χ2v) is 3.86. The van der Waals surface area contributed by atoms with Crippen LogP contribution in [0.1, 0.15) is 24.8 Å². The predicted octanol–water partition coefficient (Wildman–Crippen LogP) is 2.83. The molecule has 3 atom stereocenters. The maximum atomic E-state index is 5.33. The predicted molar refractivity (Wildman–Crippen MR) is 53.8 cm³/mol. The maximum absolute atomic E-state index is 5.33. The summed E-state index contributed by atoms with van der Waals surface area (Å²) in [7, 11) is 1.80. The van der Waals surface area contributed by atoms with Crippen LogP contribution in [0.15, 0.2) is 30.3 Å². The molecular weight excluding hydrogens is 160 g/mol. The van der Waals surface area contributed by atoms with Crippen LogP contribution in [0, 0.1) is 5.92 Å². The molecule has 0 radical (unpaired) electrons. The molecular formula is C12H16O. The minimum absolute atomic E-state index is 0.408. The van der Waals surface area contributed by atoms with Gasteiger partial charge in [-0.15, -0.1) is 0 Å². The fraction of sp³-hybridized carbons (Fsp3) is 0.500. The standard InChI is InChI=1S/C12H16O/c1-9(13-2)11-8-12(11)10-6-4-3-5-7-10/h3-7,9,11-12H,8H2,1-2H3/t9-,11+,12+/m1/s1. The second-order valence-electron chi connectivity index (χ2n) is 3.86. The zero-order valence-electron chi connectivity index (χ0n) is 8.23. The Balaban J connectivity index is 2.00. The van der Waals surface area contributed by atoms with Crippen molar-refractivity contribution in [3.63, 3.8) is 0 Å². The lowest BCUT2D eigenvalue weighted by molar-refractivity contribution is 0.0984. The van der Waals surface area contributed by atoms with Gasteiger partial charge in [0.1, 0.15) is 0 Å². The lowest BCUT2D eigenvalue weighted by Gasteiger charge is -2.08. The van der Waals surface area contributed by atoms with Crippen molar-refractivity contribution in [1.29, 1.82) is 0 Å². The molecule has 0 heterocycles. The van der Waals surface area contributed by atoms with Gasteiger partial charge in [-0.2, -0.15) is 0 Å². The lowest BCUT2D eigenvalue weighted by Crippen LogP contribution is -2.08. The fourth-order valence-corrected chi connectivity index (χ4v) is 1.99. The van der Waals surface area contributed by atoms with E-state index in [4.69, 9.17) is 4.74 Å². The Bertz CT molecular complexity index is 268. The third kappa shape index (κ3) is 1.75. The molecule has 1 aromatic rings. The lowest BCUT2D eigenvalue weighted by atomic mass is 10.1. The molecule has 1 aliphatic rings. The molecule has 1 fully saturated rings. The van der Waals surface area contributed by atoms with Crippen molar-refractivity contribution in [2.45, 2.75) is 25.4 Å². The maximum Gasteiger partial charge on any atom is 0.0577 e. The zero-order valence-corrected chi connectivity index (χ0v) is 8.23. The summed E-state index contributed by atoms with van der Waals surface area (Å²) in [5.41, 5.74) is 1.47. The number of hydrogen-bond acceptors (Lipinski definition) is 1. The SMILES string of the molecule is CO[C@H](C)[C@@H]1C[C@H]1c1ccccc1. The first-order chi connectivity index (χ1) is 6.33. The van der Waals surface area contributed by atoms with Gasteiger partial charge in [0.2, 0.25) is 0 Å². The van der Waals surface area contributed by atoms with Crippen LogP contribution in [0.5, 0.6) is 0 Å². The molecule has 0 amide bonds. The Morgan fingerprint density at radius 1 is 1.31 bits per heavy atom. The van der Waals surface area contributed by atoms with Gasteiger partial charge in [-0.05, 0) is 30.7 Å². The first kappa shape index (κ1) is 8.76. The molecule has 1 heteroatoms. The molecule has 0 unspecified atom stereocenters. The van der Waals surface area contributed by atoms with Crippen molar-refractivity contribution in [3.8, 4) is 0 Å². The highest BCUT2D eigenvalue weighted by atomic mass is 16.5. The number of ether oxygens (including phenoxy) is 1. The molecule has 70 valence electrons. The van der Waals surface area contributed by atoms with Gasteiger partial charge < -0.3 is 4.74 Å². The van der Waals surface area contributed by atoms with Crippen LogP contribution in [0.4, 0.5) is 0 Å². The van der Waals surface area contributed by atoms with E-state index >= 15 is 0 Å². The van der Waals surface area contributed by atoms with Gasteiger partial charge in [0.05, 0.1) is 6.10 Å². The summed E-state index contributed by atoms with van der Waals surface area (Å²) in [4.78, 5) is 0. The quantitative estimate of drug-likeness (QED) is 0.688. The van der Waals surface area contributed by atoms with E-state index in [1.807, 2.05) is 0 Å². The third-order valence-corrected chi connectivity index (χ3v) is 3.04. The summed E-state index contributed by atoms with van der Waals surface area (Å²) < 4.78 is 5.33. The molecule has 1 saturated carbocycles. The molecule has 0 aliphatic heterocycles. The van der Waals surface area contributed by atoms with E-state index in [0.717, 1.165) is 11.8 Å². The van der Waals surface area contributed by atoms with Crippen molar-refractivity contribution in [2.24, 2.45) is 5.92 Å². The minimum Gasteiger partial charge on any atom is -0.381 e. The fourth-order valence-electron chi connectivity index (χ4n) is 1.99. The molecule has 0 N–H and O–H groups in total. The molecule has 0 bridgehead atoms. The van der Waals surface area contributed by atoms with Gasteiger partial charge in [0.25, 0.3) is 0 Å². The summed E-state index contributed by atoms with van der Waals surface area (Å²) in [6.45, 7) is 2.16. The monoisotopic (exact) mass is 176 g/mol. The highest BCUT2D eigenvalue weighted by Gasteiger charge is 2.41. The van der Waals surface area contributed by atoms with E-state index in [-0.39, 0.29) is 0 Å². The first-order valence-corrected chi connectivity index (χ1v) is 4.90. The minimum atomic E-state index is 0.408. The zero-order chi connectivity index (χ0) is 9.26. The highest BCUT2D eigenvalue weighted by Crippen LogP contribution is 2.49. The Hall–Kier alpha value is -0.820. The summed E-state index contributed by atoms with van der Waals surface area (Å²) in [6, 6.07) is 10.7. The van der Waals surface area contributed by atoms with Crippen LogP contribution in [0.25, 0.3) is 0 Å². The van der Waals surface area contributed by atoms with Crippen LogP contribution in [-0.2, 0) is 4.74 Å². The number of hydrogen-bond donors (Lipinski definition) is 0. The van der Waals surface area contributed by atoms with E-state index in [9.17, 15) is 0 Å². The van der Waals surface area contributed by atoms with Crippen LogP contribution in [0.3, 0.4) is 0 Å². The van der Waals surface area contributed by atoms with E-state index in [0.29, 0.717) is 6.10 Å². The van der Waals surface area contributed by atoms with Gasteiger partial charge in [-0.25, -0.2) is 0 Å². The average molecular weight is 176 g/mol. The molecule has 0 saturated heterocycles. The van der Waals surface area contributed by atoms with E-state index in [2.05, 4.69) is 37.3 Å². The Kier molecular flexibility index (Phi) is 2.36. The third-order valence-electron chi connectivity index (χ3n) is 3.04. The molecule has 2 rings (SSSR count). The first-order valence-electron chi connectivity index (χ1n) is 4.90.